The first-order chi connectivity index (χ1) is 4.31. The highest BCUT2D eigenvalue weighted by Crippen LogP contribution is 2.04. The lowest BCUT2D eigenvalue weighted by Crippen LogP contribution is -2.42. The average Bonchev–Trinajstić information content (AvgIpc) is 1.61. The average molecular weight is 168 g/mol. The number of nitrogens with zero attached hydrogens (tertiary/aromatic N) is 1. The maximum absolute atomic E-state index is 10.8. The number of rotatable bonds is 3. The molecule has 0 aliphatic carbocycles. The van der Waals surface area contributed by atoms with Gasteiger partial charge in [-0.25, -0.2) is 0 Å². The number of hydroxylamine groups is 2. The van der Waals surface area contributed by atoms with Crippen LogP contribution < -0.4 is 5.73 Å². The standard InChI is InChI=1S/C4H12N2O3S/c1-6(2,7)10(8,9)4-3-5/h3-5H2,1-2H3. The third-order valence-corrected chi connectivity index (χ3v) is 3.14. The second-order valence-electron chi connectivity index (χ2n) is 2.33. The van der Waals surface area contributed by atoms with Crippen molar-refractivity contribution in [1.82, 2.24) is 0 Å². The van der Waals surface area contributed by atoms with Gasteiger partial charge in [-0.2, -0.15) is 8.42 Å². The van der Waals surface area contributed by atoms with Gasteiger partial charge in [0.1, 0.15) is 5.75 Å². The molecule has 0 aromatic rings. The van der Waals surface area contributed by atoms with Gasteiger partial charge in [0.15, 0.2) is 0 Å². The smallest absolute Gasteiger partial charge is 0.297 e. The van der Waals surface area contributed by atoms with Crippen LogP contribution in [0.2, 0.25) is 0 Å². The lowest BCUT2D eigenvalue weighted by atomic mass is 10.8. The summed E-state index contributed by atoms with van der Waals surface area (Å²) in [6.45, 7) is -0.00769. The van der Waals surface area contributed by atoms with Crippen molar-refractivity contribution in [1.29, 1.82) is 0 Å². The molecule has 0 saturated heterocycles. The molecule has 0 bridgehead atoms. The van der Waals surface area contributed by atoms with Gasteiger partial charge < -0.3 is 10.9 Å². The maximum atomic E-state index is 10.8. The van der Waals surface area contributed by atoms with E-state index in [-0.39, 0.29) is 12.3 Å². The molecule has 0 unspecified atom stereocenters. The molecule has 0 aliphatic heterocycles. The Kier molecular flexibility index (Phi) is 2.78. The number of nitrogens with two attached hydrogens (primary N) is 1. The van der Waals surface area contributed by atoms with Crippen molar-refractivity contribution in [3.63, 3.8) is 0 Å². The van der Waals surface area contributed by atoms with Crippen molar-refractivity contribution in [3.05, 3.63) is 5.21 Å². The van der Waals surface area contributed by atoms with Crippen LogP contribution in [-0.4, -0.2) is 38.9 Å². The highest BCUT2D eigenvalue weighted by molar-refractivity contribution is 7.85. The Morgan fingerprint density at radius 2 is 1.90 bits per heavy atom. The molecule has 0 rings (SSSR count). The lowest BCUT2D eigenvalue weighted by Gasteiger charge is -2.31. The first-order valence-electron chi connectivity index (χ1n) is 2.79. The van der Waals surface area contributed by atoms with Crippen molar-refractivity contribution in [2.24, 2.45) is 5.73 Å². The van der Waals surface area contributed by atoms with Crippen LogP contribution >= 0.6 is 0 Å². The van der Waals surface area contributed by atoms with E-state index in [1.165, 1.54) is 0 Å². The van der Waals surface area contributed by atoms with Crippen molar-refractivity contribution in [2.75, 3.05) is 26.4 Å². The molecule has 0 atom stereocenters. The normalized spacial score (nSPS) is 13.6. The summed E-state index contributed by atoms with van der Waals surface area (Å²) in [5.74, 6) is -0.260. The van der Waals surface area contributed by atoms with Crippen LogP contribution in [0.4, 0.5) is 0 Å². The van der Waals surface area contributed by atoms with Crippen LogP contribution in [-0.2, 0) is 10.0 Å². The first-order valence-corrected chi connectivity index (χ1v) is 4.40. The number of hydrogen-bond acceptors (Lipinski definition) is 4. The minimum Gasteiger partial charge on any atom is -0.617 e. The molecule has 62 valence electrons. The first kappa shape index (κ1) is 9.83. The van der Waals surface area contributed by atoms with Crippen LogP contribution in [0.3, 0.4) is 0 Å². The molecule has 0 fully saturated rings. The molecule has 0 radical (unpaired) electrons. The SMILES string of the molecule is C[N+](C)([O-])S(=O)(=O)CCN. The predicted molar refractivity (Wildman–Crippen MR) is 38.3 cm³/mol. The van der Waals surface area contributed by atoms with Crippen LogP contribution in [0.15, 0.2) is 0 Å². The van der Waals surface area contributed by atoms with Crippen LogP contribution in [0, 0.1) is 5.21 Å². The Morgan fingerprint density at radius 1 is 1.50 bits per heavy atom. The Hall–Kier alpha value is -0.170. The van der Waals surface area contributed by atoms with Crippen LogP contribution in [0.5, 0.6) is 0 Å². The van der Waals surface area contributed by atoms with Gasteiger partial charge in [-0.3, -0.25) is 4.05 Å². The van der Waals surface area contributed by atoms with Gasteiger partial charge in [-0.1, -0.05) is 0 Å². The summed E-state index contributed by atoms with van der Waals surface area (Å²) in [5, 5.41) is 10.8. The van der Waals surface area contributed by atoms with Crippen molar-refractivity contribution < 1.29 is 12.5 Å². The minimum absolute atomic E-state index is 0.00769. The Bertz CT molecular complexity index is 191. The topological polar surface area (TPSA) is 83.2 Å². The highest BCUT2D eigenvalue weighted by atomic mass is 32.2. The molecule has 2 N–H and O–H groups in total. The van der Waals surface area contributed by atoms with Gasteiger partial charge in [0, 0.05) is 6.54 Å². The molecule has 0 spiro atoms. The van der Waals surface area contributed by atoms with Gasteiger partial charge >= 0.3 is 0 Å². The number of hydrogen-bond donors (Lipinski definition) is 1. The Balaban J connectivity index is 4.44. The molecule has 0 heterocycles. The predicted octanol–water partition coefficient (Wildman–Crippen LogP) is -1.15. The third kappa shape index (κ3) is 2.22. The van der Waals surface area contributed by atoms with E-state index in [1.54, 1.807) is 0 Å². The summed E-state index contributed by atoms with van der Waals surface area (Å²) in [4.78, 5) is 0. The zero-order valence-corrected chi connectivity index (χ0v) is 6.89. The summed E-state index contributed by atoms with van der Waals surface area (Å²) >= 11 is 0. The minimum atomic E-state index is -3.59. The molecular formula is C4H12N2O3S. The number of quaternary nitrogens is 1. The third-order valence-electron chi connectivity index (χ3n) is 1.05. The van der Waals surface area contributed by atoms with E-state index in [4.69, 9.17) is 5.73 Å². The molecular weight excluding hydrogens is 156 g/mol. The van der Waals surface area contributed by atoms with Gasteiger partial charge in [0.05, 0.1) is 14.1 Å². The van der Waals surface area contributed by atoms with E-state index in [0.29, 0.717) is 0 Å². The van der Waals surface area contributed by atoms with E-state index >= 15 is 0 Å². The van der Waals surface area contributed by atoms with Gasteiger partial charge in [0.2, 0.25) is 0 Å². The lowest BCUT2D eigenvalue weighted by molar-refractivity contribution is -0.704. The van der Waals surface area contributed by atoms with Crippen LogP contribution in [0.25, 0.3) is 0 Å². The van der Waals surface area contributed by atoms with Crippen molar-refractivity contribution in [3.8, 4) is 0 Å². The van der Waals surface area contributed by atoms with Gasteiger partial charge in [-0.05, 0) is 0 Å². The van der Waals surface area contributed by atoms with E-state index in [0.717, 1.165) is 14.1 Å². The largest absolute Gasteiger partial charge is 0.617 e. The molecule has 0 saturated carbocycles. The van der Waals surface area contributed by atoms with Crippen molar-refractivity contribution in [2.45, 2.75) is 0 Å². The fourth-order valence-electron chi connectivity index (χ4n) is 0.369. The fraction of sp³-hybridized carbons (Fsp3) is 1.00. The van der Waals surface area contributed by atoms with Gasteiger partial charge in [-0.15, -0.1) is 0 Å². The highest BCUT2D eigenvalue weighted by Gasteiger charge is 2.22. The van der Waals surface area contributed by atoms with Crippen molar-refractivity contribution >= 4 is 10.0 Å². The summed E-state index contributed by atoms with van der Waals surface area (Å²) in [5.41, 5.74) is 4.98. The quantitative estimate of drug-likeness (QED) is 0.426. The zero-order chi connectivity index (χ0) is 8.41. The number of sulfonamides is 1. The molecule has 0 aliphatic rings. The van der Waals surface area contributed by atoms with E-state index in [9.17, 15) is 13.6 Å². The molecule has 0 aromatic heterocycles. The second-order valence-corrected chi connectivity index (χ2v) is 4.78. The monoisotopic (exact) mass is 168 g/mol. The molecule has 5 nitrogen and oxygen atoms in total. The fourth-order valence-corrected chi connectivity index (χ4v) is 1.11. The maximum Gasteiger partial charge on any atom is 0.297 e. The van der Waals surface area contributed by atoms with E-state index in [2.05, 4.69) is 0 Å². The van der Waals surface area contributed by atoms with E-state index < -0.39 is 14.1 Å². The Labute approximate surface area is 60.7 Å². The summed E-state index contributed by atoms with van der Waals surface area (Å²) in [6, 6.07) is 0. The molecule has 0 amide bonds. The van der Waals surface area contributed by atoms with E-state index in [1.807, 2.05) is 0 Å². The van der Waals surface area contributed by atoms with Gasteiger partial charge in [0.25, 0.3) is 10.0 Å². The van der Waals surface area contributed by atoms with Crippen LogP contribution in [0.1, 0.15) is 0 Å². The summed E-state index contributed by atoms with van der Waals surface area (Å²) in [7, 11) is -1.47. The molecule has 10 heavy (non-hydrogen) atoms. The second kappa shape index (κ2) is 2.83. The molecule has 6 heteroatoms. The summed E-state index contributed by atoms with van der Waals surface area (Å²) < 4.78 is 20.4. The summed E-state index contributed by atoms with van der Waals surface area (Å²) in [6.07, 6.45) is 0. The Morgan fingerprint density at radius 3 is 2.00 bits per heavy atom. The molecule has 0 aromatic carbocycles. The zero-order valence-electron chi connectivity index (χ0n) is 6.07.